The maximum absolute atomic E-state index is 11.8. The Morgan fingerprint density at radius 1 is 1.08 bits per heavy atom. The molecule has 2 aromatic rings. The van der Waals surface area contributed by atoms with Crippen LogP contribution in [0.15, 0.2) is 42.5 Å². The number of methoxy groups -OCH3 is 1. The average molecular weight is 347 g/mol. The highest BCUT2D eigenvalue weighted by molar-refractivity contribution is 6.30. The molecular weight excluding hydrogens is 324 g/mol. The van der Waals surface area contributed by atoms with Crippen molar-refractivity contribution in [1.82, 2.24) is 10.6 Å². The van der Waals surface area contributed by atoms with Crippen molar-refractivity contribution in [3.63, 3.8) is 0 Å². The number of aryl methyl sites for hydroxylation is 1. The van der Waals surface area contributed by atoms with Crippen molar-refractivity contribution in [2.24, 2.45) is 0 Å². The van der Waals surface area contributed by atoms with Crippen molar-refractivity contribution >= 4 is 17.6 Å². The second-order valence-electron chi connectivity index (χ2n) is 5.63. The van der Waals surface area contributed by atoms with E-state index in [-0.39, 0.29) is 6.03 Å². The third kappa shape index (κ3) is 5.78. The van der Waals surface area contributed by atoms with Gasteiger partial charge in [0.15, 0.2) is 0 Å². The Labute approximate surface area is 148 Å². The van der Waals surface area contributed by atoms with Crippen molar-refractivity contribution in [1.29, 1.82) is 0 Å². The molecule has 0 aliphatic heterocycles. The summed E-state index contributed by atoms with van der Waals surface area (Å²) < 4.78 is 5.34. The van der Waals surface area contributed by atoms with Crippen LogP contribution in [0.1, 0.15) is 16.7 Å². The second kappa shape index (κ2) is 9.18. The van der Waals surface area contributed by atoms with Crippen LogP contribution in [0.5, 0.6) is 5.75 Å². The lowest BCUT2D eigenvalue weighted by atomic mass is 10.1. The first-order valence-electron chi connectivity index (χ1n) is 7.98. The minimum absolute atomic E-state index is 0.163. The molecule has 2 amide bonds. The molecular formula is C19H23ClN2O2. The minimum Gasteiger partial charge on any atom is -0.496 e. The molecule has 0 fully saturated rings. The zero-order valence-electron chi connectivity index (χ0n) is 14.1. The summed E-state index contributed by atoms with van der Waals surface area (Å²) in [5.74, 6) is 0.851. The summed E-state index contributed by atoms with van der Waals surface area (Å²) in [5, 5.41) is 6.43. The molecule has 0 radical (unpaired) electrons. The fraction of sp³-hybridized carbons (Fsp3) is 0.316. The average Bonchev–Trinajstić information content (AvgIpc) is 2.55. The Morgan fingerprint density at radius 2 is 1.83 bits per heavy atom. The van der Waals surface area contributed by atoms with Gasteiger partial charge in [0.2, 0.25) is 0 Å². The van der Waals surface area contributed by atoms with Crippen LogP contribution in [-0.4, -0.2) is 26.2 Å². The molecule has 0 spiro atoms. The summed E-state index contributed by atoms with van der Waals surface area (Å²) in [7, 11) is 1.66. The van der Waals surface area contributed by atoms with Crippen LogP contribution in [0.2, 0.25) is 5.02 Å². The summed E-state index contributed by atoms with van der Waals surface area (Å²) >= 11 is 5.94. The number of carbonyl (C=O) groups is 1. The molecule has 4 nitrogen and oxygen atoms in total. The Balaban J connectivity index is 1.71. The molecule has 24 heavy (non-hydrogen) atoms. The van der Waals surface area contributed by atoms with Gasteiger partial charge in [-0.2, -0.15) is 0 Å². The number of carbonyl (C=O) groups excluding carboxylic acids is 1. The monoisotopic (exact) mass is 346 g/mol. The third-order valence-corrected chi connectivity index (χ3v) is 3.94. The number of benzene rings is 2. The number of urea groups is 1. The molecule has 2 aromatic carbocycles. The number of hydrogen-bond acceptors (Lipinski definition) is 2. The van der Waals surface area contributed by atoms with Crippen LogP contribution in [-0.2, 0) is 12.8 Å². The number of halogens is 1. The highest BCUT2D eigenvalue weighted by Crippen LogP contribution is 2.19. The van der Waals surface area contributed by atoms with Gasteiger partial charge >= 0.3 is 6.03 Å². The standard InChI is InChI=1S/C19H23ClN2O2/c1-14-6-7-18(24-2)16(12-14)9-11-22-19(23)21-10-8-15-4-3-5-17(20)13-15/h3-7,12-13H,8-11H2,1-2H3,(H2,21,22,23). The number of hydrogen-bond donors (Lipinski definition) is 2. The number of ether oxygens (including phenoxy) is 1. The first-order valence-corrected chi connectivity index (χ1v) is 8.36. The summed E-state index contributed by atoms with van der Waals surface area (Å²) in [6, 6.07) is 13.5. The number of amides is 2. The van der Waals surface area contributed by atoms with Crippen LogP contribution >= 0.6 is 11.6 Å². The fourth-order valence-electron chi connectivity index (χ4n) is 2.49. The summed E-state index contributed by atoms with van der Waals surface area (Å²) in [5.41, 5.74) is 3.38. The van der Waals surface area contributed by atoms with E-state index in [9.17, 15) is 4.79 Å². The lowest BCUT2D eigenvalue weighted by Gasteiger charge is -2.11. The normalized spacial score (nSPS) is 10.3. The maximum Gasteiger partial charge on any atom is 0.314 e. The first-order chi connectivity index (χ1) is 11.6. The van der Waals surface area contributed by atoms with E-state index in [0.717, 1.165) is 29.7 Å². The van der Waals surface area contributed by atoms with E-state index in [0.29, 0.717) is 18.1 Å². The highest BCUT2D eigenvalue weighted by Gasteiger charge is 2.05. The molecule has 0 aromatic heterocycles. The Kier molecular flexibility index (Phi) is 6.94. The molecule has 0 aliphatic carbocycles. The van der Waals surface area contributed by atoms with E-state index < -0.39 is 0 Å². The molecule has 2 rings (SSSR count). The van der Waals surface area contributed by atoms with Gasteiger partial charge in [0.25, 0.3) is 0 Å². The molecule has 0 unspecified atom stereocenters. The van der Waals surface area contributed by atoms with Gasteiger partial charge in [-0.05, 0) is 49.1 Å². The van der Waals surface area contributed by atoms with Crippen molar-refractivity contribution in [3.05, 3.63) is 64.2 Å². The SMILES string of the molecule is COc1ccc(C)cc1CCNC(=O)NCCc1cccc(Cl)c1. The Bertz CT molecular complexity index is 689. The zero-order valence-corrected chi connectivity index (χ0v) is 14.8. The smallest absolute Gasteiger partial charge is 0.314 e. The van der Waals surface area contributed by atoms with Crippen LogP contribution in [0, 0.1) is 6.92 Å². The van der Waals surface area contributed by atoms with Gasteiger partial charge in [-0.1, -0.05) is 41.4 Å². The fourth-order valence-corrected chi connectivity index (χ4v) is 2.70. The largest absolute Gasteiger partial charge is 0.496 e. The van der Waals surface area contributed by atoms with Crippen molar-refractivity contribution < 1.29 is 9.53 Å². The van der Waals surface area contributed by atoms with E-state index in [4.69, 9.17) is 16.3 Å². The van der Waals surface area contributed by atoms with E-state index in [1.165, 1.54) is 5.56 Å². The van der Waals surface area contributed by atoms with E-state index in [1.807, 2.05) is 43.3 Å². The Hall–Kier alpha value is -2.20. The summed E-state index contributed by atoms with van der Waals surface area (Å²) in [4.78, 5) is 11.8. The van der Waals surface area contributed by atoms with Gasteiger partial charge < -0.3 is 15.4 Å². The molecule has 0 bridgehead atoms. The predicted molar refractivity (Wildman–Crippen MR) is 98.0 cm³/mol. The molecule has 0 atom stereocenters. The van der Waals surface area contributed by atoms with Crippen LogP contribution in [0.4, 0.5) is 4.79 Å². The molecule has 0 saturated heterocycles. The van der Waals surface area contributed by atoms with Gasteiger partial charge in [-0.3, -0.25) is 0 Å². The van der Waals surface area contributed by atoms with Gasteiger partial charge in [0.05, 0.1) is 7.11 Å². The molecule has 5 heteroatoms. The number of rotatable bonds is 7. The van der Waals surface area contributed by atoms with Crippen LogP contribution in [0.25, 0.3) is 0 Å². The van der Waals surface area contributed by atoms with Gasteiger partial charge in [0, 0.05) is 18.1 Å². The number of nitrogens with one attached hydrogen (secondary N) is 2. The topological polar surface area (TPSA) is 50.4 Å². The molecule has 0 saturated carbocycles. The van der Waals surface area contributed by atoms with E-state index >= 15 is 0 Å². The minimum atomic E-state index is -0.163. The quantitative estimate of drug-likeness (QED) is 0.802. The van der Waals surface area contributed by atoms with Gasteiger partial charge in [0.1, 0.15) is 5.75 Å². The van der Waals surface area contributed by atoms with E-state index in [2.05, 4.69) is 16.7 Å². The van der Waals surface area contributed by atoms with Crippen LogP contribution in [0.3, 0.4) is 0 Å². The molecule has 0 aliphatic rings. The molecule has 128 valence electrons. The lowest BCUT2D eigenvalue weighted by Crippen LogP contribution is -2.37. The highest BCUT2D eigenvalue weighted by atomic mass is 35.5. The van der Waals surface area contributed by atoms with Gasteiger partial charge in [-0.15, -0.1) is 0 Å². The second-order valence-corrected chi connectivity index (χ2v) is 6.06. The van der Waals surface area contributed by atoms with Gasteiger partial charge in [-0.25, -0.2) is 4.79 Å². The van der Waals surface area contributed by atoms with E-state index in [1.54, 1.807) is 7.11 Å². The summed E-state index contributed by atoms with van der Waals surface area (Å²) in [6.45, 7) is 3.17. The van der Waals surface area contributed by atoms with Crippen molar-refractivity contribution in [3.8, 4) is 5.75 Å². The van der Waals surface area contributed by atoms with Crippen molar-refractivity contribution in [2.45, 2.75) is 19.8 Å². The predicted octanol–water partition coefficient (Wildman–Crippen LogP) is 3.74. The van der Waals surface area contributed by atoms with Crippen molar-refractivity contribution in [2.75, 3.05) is 20.2 Å². The Morgan fingerprint density at radius 3 is 2.54 bits per heavy atom. The van der Waals surface area contributed by atoms with Crippen LogP contribution < -0.4 is 15.4 Å². The first kappa shape index (κ1) is 18.1. The zero-order chi connectivity index (χ0) is 17.4. The third-order valence-electron chi connectivity index (χ3n) is 3.70. The molecule has 2 N–H and O–H groups in total. The lowest BCUT2D eigenvalue weighted by molar-refractivity contribution is 0.241. The summed E-state index contributed by atoms with van der Waals surface area (Å²) in [6.07, 6.45) is 1.48. The molecule has 0 heterocycles. The maximum atomic E-state index is 11.8.